The van der Waals surface area contributed by atoms with Crippen molar-refractivity contribution in [1.82, 2.24) is 14.2 Å². The van der Waals surface area contributed by atoms with Crippen LogP contribution in [0.25, 0.3) is 0 Å². The van der Waals surface area contributed by atoms with Crippen molar-refractivity contribution >= 4 is 15.9 Å². The fraction of sp³-hybridized carbons (Fsp3) is 0.333. The Balaban J connectivity index is 1.76. The van der Waals surface area contributed by atoms with Crippen LogP contribution in [0.3, 0.4) is 0 Å². The Morgan fingerprint density at radius 2 is 1.84 bits per heavy atom. The number of aryl methyl sites for hydroxylation is 1. The van der Waals surface area contributed by atoms with E-state index in [2.05, 4.69) is 4.98 Å². The fourth-order valence-electron chi connectivity index (χ4n) is 2.99. The van der Waals surface area contributed by atoms with Gasteiger partial charge in [0.2, 0.25) is 10.0 Å². The van der Waals surface area contributed by atoms with Gasteiger partial charge in [0.15, 0.2) is 0 Å². The number of benzene rings is 1. The highest BCUT2D eigenvalue weighted by Gasteiger charge is 2.29. The lowest BCUT2D eigenvalue weighted by molar-refractivity contribution is 0.0764. The van der Waals surface area contributed by atoms with Crippen LogP contribution < -0.4 is 0 Å². The summed E-state index contributed by atoms with van der Waals surface area (Å²) in [5.74, 6) is -0.108. The van der Waals surface area contributed by atoms with E-state index in [4.69, 9.17) is 0 Å². The number of aromatic nitrogens is 1. The highest BCUT2D eigenvalue weighted by atomic mass is 32.2. The molecule has 1 saturated heterocycles. The smallest absolute Gasteiger partial charge is 0.255 e. The van der Waals surface area contributed by atoms with Gasteiger partial charge in [0.25, 0.3) is 5.91 Å². The number of sulfonamides is 1. The maximum absolute atomic E-state index is 12.9. The van der Waals surface area contributed by atoms with E-state index >= 15 is 0 Å². The molecule has 1 aliphatic rings. The van der Waals surface area contributed by atoms with Crippen molar-refractivity contribution in [2.24, 2.45) is 0 Å². The molecule has 25 heavy (non-hydrogen) atoms. The maximum Gasteiger partial charge on any atom is 0.255 e. The van der Waals surface area contributed by atoms with Crippen LogP contribution in [0.1, 0.15) is 22.3 Å². The molecule has 0 atom stereocenters. The van der Waals surface area contributed by atoms with Crippen LogP contribution >= 0.6 is 0 Å². The number of pyridine rings is 1. The maximum atomic E-state index is 12.9. The summed E-state index contributed by atoms with van der Waals surface area (Å²) in [7, 11) is -3.55. The molecule has 132 valence electrons. The quantitative estimate of drug-likeness (QED) is 0.840. The van der Waals surface area contributed by atoms with E-state index in [1.807, 2.05) is 6.07 Å². The van der Waals surface area contributed by atoms with Gasteiger partial charge in [-0.1, -0.05) is 18.2 Å². The first-order valence-electron chi connectivity index (χ1n) is 8.25. The largest absolute Gasteiger partial charge is 0.337 e. The summed E-state index contributed by atoms with van der Waals surface area (Å²) in [6.07, 6.45) is 3.77. The molecule has 1 amide bonds. The van der Waals surface area contributed by atoms with Gasteiger partial charge in [0.05, 0.1) is 10.5 Å². The predicted molar refractivity (Wildman–Crippen MR) is 94.7 cm³/mol. The number of carbonyl (C=O) groups is 1. The van der Waals surface area contributed by atoms with Gasteiger partial charge in [-0.2, -0.15) is 4.31 Å². The highest BCUT2D eigenvalue weighted by molar-refractivity contribution is 7.89. The zero-order chi connectivity index (χ0) is 17.9. The molecule has 1 aromatic heterocycles. The van der Waals surface area contributed by atoms with Gasteiger partial charge in [-0.3, -0.25) is 9.78 Å². The molecule has 0 N–H and O–H groups in total. The molecule has 0 unspecified atom stereocenters. The second-order valence-electron chi connectivity index (χ2n) is 6.06. The molecule has 3 rings (SSSR count). The van der Waals surface area contributed by atoms with Gasteiger partial charge in [0.1, 0.15) is 0 Å². The third-order valence-corrected chi connectivity index (χ3v) is 6.42. The molecule has 0 aliphatic carbocycles. The minimum Gasteiger partial charge on any atom is -0.337 e. The van der Waals surface area contributed by atoms with E-state index in [1.165, 1.54) is 10.5 Å². The van der Waals surface area contributed by atoms with Gasteiger partial charge in [-0.15, -0.1) is 0 Å². The SMILES string of the molecule is Cc1ccccc1S(=O)(=O)N1CCCN(C(=O)c2cccnc2)CC1. The minimum absolute atomic E-state index is 0.108. The first-order valence-corrected chi connectivity index (χ1v) is 9.69. The van der Waals surface area contributed by atoms with Crippen LogP contribution in [0.5, 0.6) is 0 Å². The molecule has 0 spiro atoms. The summed E-state index contributed by atoms with van der Waals surface area (Å²) in [6, 6.07) is 10.4. The Bertz CT molecular complexity index is 853. The van der Waals surface area contributed by atoms with Gasteiger partial charge >= 0.3 is 0 Å². The van der Waals surface area contributed by atoms with Crippen LogP contribution in [0.15, 0.2) is 53.7 Å². The monoisotopic (exact) mass is 359 g/mol. The van der Waals surface area contributed by atoms with Crippen molar-refractivity contribution < 1.29 is 13.2 Å². The number of carbonyl (C=O) groups excluding carboxylic acids is 1. The highest BCUT2D eigenvalue weighted by Crippen LogP contribution is 2.21. The van der Waals surface area contributed by atoms with Gasteiger partial charge < -0.3 is 4.90 Å². The molecule has 1 aromatic carbocycles. The molecule has 1 aliphatic heterocycles. The Labute approximate surface area is 148 Å². The second kappa shape index (κ2) is 7.33. The second-order valence-corrected chi connectivity index (χ2v) is 7.96. The standard InChI is InChI=1S/C18H21N3O3S/c1-15-6-2-3-8-17(15)25(23,24)21-11-5-10-20(12-13-21)18(22)16-7-4-9-19-14-16/h2-4,6-9,14H,5,10-13H2,1H3. The number of hydrogen-bond donors (Lipinski definition) is 0. The zero-order valence-corrected chi connectivity index (χ0v) is 14.9. The first kappa shape index (κ1) is 17.6. The summed E-state index contributed by atoms with van der Waals surface area (Å²) in [4.78, 5) is 18.6. The van der Waals surface area contributed by atoms with Crippen molar-refractivity contribution in [3.05, 3.63) is 59.9 Å². The molecular weight excluding hydrogens is 338 g/mol. The molecule has 0 saturated carbocycles. The molecular formula is C18H21N3O3S. The summed E-state index contributed by atoms with van der Waals surface area (Å²) >= 11 is 0. The molecule has 2 aromatic rings. The topological polar surface area (TPSA) is 70.6 Å². The van der Waals surface area contributed by atoms with E-state index < -0.39 is 10.0 Å². The normalized spacial score (nSPS) is 16.4. The Hall–Kier alpha value is -2.25. The van der Waals surface area contributed by atoms with Crippen molar-refractivity contribution in [3.8, 4) is 0 Å². The van der Waals surface area contributed by atoms with Crippen LogP contribution in [-0.4, -0.2) is 54.7 Å². The Kier molecular flexibility index (Phi) is 5.15. The Morgan fingerprint density at radius 1 is 1.04 bits per heavy atom. The number of rotatable bonds is 3. The number of hydrogen-bond acceptors (Lipinski definition) is 4. The zero-order valence-electron chi connectivity index (χ0n) is 14.1. The van der Waals surface area contributed by atoms with Crippen molar-refractivity contribution in [2.45, 2.75) is 18.2 Å². The van der Waals surface area contributed by atoms with Crippen molar-refractivity contribution in [3.63, 3.8) is 0 Å². The lowest BCUT2D eigenvalue weighted by Gasteiger charge is -2.22. The van der Waals surface area contributed by atoms with Gasteiger partial charge in [-0.25, -0.2) is 8.42 Å². The molecule has 1 fully saturated rings. The molecule has 2 heterocycles. The van der Waals surface area contributed by atoms with Gasteiger partial charge in [-0.05, 0) is 37.1 Å². The summed E-state index contributed by atoms with van der Waals surface area (Å²) in [5, 5.41) is 0. The lowest BCUT2D eigenvalue weighted by Crippen LogP contribution is -2.37. The third-order valence-electron chi connectivity index (χ3n) is 4.36. The summed E-state index contributed by atoms with van der Waals surface area (Å²) in [5.41, 5.74) is 1.26. The predicted octanol–water partition coefficient (Wildman–Crippen LogP) is 1.93. The van der Waals surface area contributed by atoms with E-state index in [1.54, 1.807) is 48.4 Å². The van der Waals surface area contributed by atoms with Crippen LogP contribution in [0, 0.1) is 6.92 Å². The minimum atomic E-state index is -3.55. The molecule has 0 radical (unpaired) electrons. The van der Waals surface area contributed by atoms with Crippen molar-refractivity contribution in [2.75, 3.05) is 26.2 Å². The summed E-state index contributed by atoms with van der Waals surface area (Å²) in [6.45, 7) is 3.41. The van der Waals surface area contributed by atoms with Crippen LogP contribution in [-0.2, 0) is 10.0 Å². The van der Waals surface area contributed by atoms with E-state index in [9.17, 15) is 13.2 Å². The van der Waals surface area contributed by atoms with Crippen molar-refractivity contribution in [1.29, 1.82) is 0 Å². The summed E-state index contributed by atoms with van der Waals surface area (Å²) < 4.78 is 27.3. The van der Waals surface area contributed by atoms with Crippen LogP contribution in [0.2, 0.25) is 0 Å². The first-order chi connectivity index (χ1) is 12.0. The average molecular weight is 359 g/mol. The third kappa shape index (κ3) is 3.72. The molecule has 6 nitrogen and oxygen atoms in total. The molecule has 0 bridgehead atoms. The number of nitrogens with zero attached hydrogens (tertiary/aromatic N) is 3. The van der Waals surface area contributed by atoms with Gasteiger partial charge in [0, 0.05) is 38.6 Å². The lowest BCUT2D eigenvalue weighted by atomic mass is 10.2. The average Bonchev–Trinajstić information content (AvgIpc) is 2.89. The van der Waals surface area contributed by atoms with Crippen LogP contribution in [0.4, 0.5) is 0 Å². The van der Waals surface area contributed by atoms with E-state index in [0.29, 0.717) is 43.1 Å². The van der Waals surface area contributed by atoms with E-state index in [-0.39, 0.29) is 5.91 Å². The Morgan fingerprint density at radius 3 is 2.56 bits per heavy atom. The number of amides is 1. The molecule has 7 heteroatoms. The fourth-order valence-corrected chi connectivity index (χ4v) is 4.69. The van der Waals surface area contributed by atoms with E-state index in [0.717, 1.165) is 5.56 Å².